The molecule has 0 saturated heterocycles. The lowest BCUT2D eigenvalue weighted by Crippen LogP contribution is -2.23. The lowest BCUT2D eigenvalue weighted by Gasteiger charge is -2.02. The highest BCUT2D eigenvalue weighted by molar-refractivity contribution is 7.90. The number of aryl methyl sites for hydroxylation is 1. The number of sulfone groups is 1. The van der Waals surface area contributed by atoms with E-state index in [2.05, 4.69) is 15.5 Å². The zero-order valence-corrected chi connectivity index (χ0v) is 15.7. The van der Waals surface area contributed by atoms with Crippen LogP contribution in [0.1, 0.15) is 27.5 Å². The Morgan fingerprint density at radius 2 is 1.96 bits per heavy atom. The third-order valence-electron chi connectivity index (χ3n) is 3.58. The van der Waals surface area contributed by atoms with Crippen LogP contribution in [-0.4, -0.2) is 31.1 Å². The van der Waals surface area contributed by atoms with Crippen molar-refractivity contribution >= 4 is 27.1 Å². The number of carbonyl (C=O) groups is 1. The van der Waals surface area contributed by atoms with E-state index in [1.165, 1.54) is 35.6 Å². The Morgan fingerprint density at radius 3 is 2.67 bits per heavy atom. The van der Waals surface area contributed by atoms with Gasteiger partial charge in [-0.25, -0.2) is 12.8 Å². The second kappa shape index (κ2) is 8.40. The first-order valence-electron chi connectivity index (χ1n) is 8.05. The average molecular weight is 409 g/mol. The van der Waals surface area contributed by atoms with E-state index in [-0.39, 0.29) is 17.6 Å². The second-order valence-corrected chi connectivity index (χ2v) is 8.50. The van der Waals surface area contributed by atoms with Gasteiger partial charge in [-0.3, -0.25) is 4.79 Å². The molecular formula is C17H16FN3O4S2. The van der Waals surface area contributed by atoms with E-state index in [0.717, 1.165) is 0 Å². The minimum atomic E-state index is -3.81. The summed E-state index contributed by atoms with van der Waals surface area (Å²) in [4.78, 5) is 12.4. The molecule has 2 aromatic heterocycles. The molecule has 0 aliphatic rings. The third-order valence-corrected chi connectivity index (χ3v) is 5.86. The largest absolute Gasteiger partial charge is 0.413 e. The summed E-state index contributed by atoms with van der Waals surface area (Å²) in [5.41, 5.74) is 0.424. The summed E-state index contributed by atoms with van der Waals surface area (Å²) in [5.74, 6) is -0.773. The second-order valence-electron chi connectivity index (χ2n) is 5.68. The molecule has 0 fully saturated rings. The molecule has 1 amide bonds. The van der Waals surface area contributed by atoms with Gasteiger partial charge >= 0.3 is 5.22 Å². The molecule has 27 heavy (non-hydrogen) atoms. The van der Waals surface area contributed by atoms with Crippen molar-refractivity contribution in [2.45, 2.75) is 23.8 Å². The molecule has 10 heteroatoms. The number of nitrogens with one attached hydrogen (secondary N) is 1. The molecule has 3 aromatic rings. The van der Waals surface area contributed by atoms with E-state index in [1.54, 1.807) is 12.1 Å². The lowest BCUT2D eigenvalue weighted by molar-refractivity contribution is 0.0957. The number of aromatic nitrogens is 2. The van der Waals surface area contributed by atoms with Crippen molar-refractivity contribution in [2.75, 3.05) is 6.54 Å². The van der Waals surface area contributed by atoms with E-state index < -0.39 is 20.9 Å². The molecule has 0 saturated carbocycles. The molecule has 0 aliphatic carbocycles. The normalized spacial score (nSPS) is 11.4. The molecule has 2 heterocycles. The van der Waals surface area contributed by atoms with Crippen molar-refractivity contribution in [1.82, 2.24) is 15.5 Å². The SMILES string of the molecule is O=C(NCCCc1nnc(S(=O)(=O)Cc2ccc(F)cc2)o1)c1cccs1. The van der Waals surface area contributed by atoms with E-state index in [9.17, 15) is 17.6 Å². The van der Waals surface area contributed by atoms with Gasteiger partial charge in [0.2, 0.25) is 15.7 Å². The van der Waals surface area contributed by atoms with Gasteiger partial charge in [0, 0.05) is 13.0 Å². The van der Waals surface area contributed by atoms with E-state index in [0.29, 0.717) is 29.8 Å². The minimum absolute atomic E-state index is 0.155. The molecule has 0 aliphatic heterocycles. The van der Waals surface area contributed by atoms with Crippen molar-refractivity contribution < 1.29 is 22.0 Å². The predicted octanol–water partition coefficient (Wildman–Crippen LogP) is 2.61. The zero-order chi connectivity index (χ0) is 19.3. The van der Waals surface area contributed by atoms with Crippen LogP contribution in [0.3, 0.4) is 0 Å². The Hall–Kier alpha value is -2.59. The summed E-state index contributed by atoms with van der Waals surface area (Å²) in [7, 11) is -3.81. The molecule has 1 N–H and O–H groups in total. The fourth-order valence-electron chi connectivity index (χ4n) is 2.26. The van der Waals surface area contributed by atoms with Crippen LogP contribution in [0.5, 0.6) is 0 Å². The molecule has 142 valence electrons. The number of hydrogen-bond acceptors (Lipinski definition) is 7. The van der Waals surface area contributed by atoms with Gasteiger partial charge in [-0.2, -0.15) is 0 Å². The number of benzene rings is 1. The predicted molar refractivity (Wildman–Crippen MR) is 96.6 cm³/mol. The summed E-state index contributed by atoms with van der Waals surface area (Å²) in [6.45, 7) is 0.400. The van der Waals surface area contributed by atoms with Crippen LogP contribution in [0.2, 0.25) is 0 Å². The van der Waals surface area contributed by atoms with Gasteiger partial charge in [0.25, 0.3) is 5.91 Å². The smallest absolute Gasteiger partial charge is 0.335 e. The molecule has 0 atom stereocenters. The topological polar surface area (TPSA) is 102 Å². The molecule has 0 spiro atoms. The highest BCUT2D eigenvalue weighted by Crippen LogP contribution is 2.16. The highest BCUT2D eigenvalue weighted by atomic mass is 32.2. The van der Waals surface area contributed by atoms with Crippen LogP contribution in [0, 0.1) is 5.82 Å². The molecule has 7 nitrogen and oxygen atoms in total. The van der Waals surface area contributed by atoms with Gasteiger partial charge in [0.05, 0.1) is 10.6 Å². The highest BCUT2D eigenvalue weighted by Gasteiger charge is 2.23. The van der Waals surface area contributed by atoms with Crippen molar-refractivity contribution in [3.8, 4) is 0 Å². The summed E-state index contributed by atoms with van der Waals surface area (Å²) < 4.78 is 42.7. The van der Waals surface area contributed by atoms with E-state index in [1.807, 2.05) is 5.38 Å². The number of amides is 1. The van der Waals surface area contributed by atoms with Crippen molar-refractivity contribution in [2.24, 2.45) is 0 Å². The van der Waals surface area contributed by atoms with Crippen molar-refractivity contribution in [1.29, 1.82) is 0 Å². The third kappa shape index (κ3) is 5.20. The minimum Gasteiger partial charge on any atom is -0.413 e. The molecule has 1 aromatic carbocycles. The summed E-state index contributed by atoms with van der Waals surface area (Å²) in [6, 6.07) is 8.69. The Bertz CT molecular complexity index is 999. The molecule has 0 radical (unpaired) electrons. The molecule has 0 bridgehead atoms. The fourth-order valence-corrected chi connectivity index (χ4v) is 4.05. The van der Waals surface area contributed by atoms with Gasteiger partial charge in [0.15, 0.2) is 0 Å². The number of thiophene rings is 1. The van der Waals surface area contributed by atoms with Crippen LogP contribution in [0.4, 0.5) is 4.39 Å². The van der Waals surface area contributed by atoms with Crippen molar-refractivity contribution in [3.63, 3.8) is 0 Å². The number of rotatable bonds is 8. The number of nitrogens with zero attached hydrogens (tertiary/aromatic N) is 2. The summed E-state index contributed by atoms with van der Waals surface area (Å²) >= 11 is 1.35. The first-order valence-corrected chi connectivity index (χ1v) is 10.6. The first-order chi connectivity index (χ1) is 12.9. The van der Waals surface area contributed by atoms with Crippen LogP contribution < -0.4 is 5.32 Å². The Kier molecular flexibility index (Phi) is 5.97. The number of halogens is 1. The quantitative estimate of drug-likeness (QED) is 0.574. The fraction of sp³-hybridized carbons (Fsp3) is 0.235. The van der Waals surface area contributed by atoms with Gasteiger partial charge in [-0.05, 0) is 35.6 Å². The molecule has 0 unspecified atom stereocenters. The van der Waals surface area contributed by atoms with Gasteiger partial charge in [-0.15, -0.1) is 16.4 Å². The van der Waals surface area contributed by atoms with Crippen LogP contribution in [-0.2, 0) is 22.0 Å². The summed E-state index contributed by atoms with van der Waals surface area (Å²) in [5, 5.41) is 11.4. The first kappa shape index (κ1) is 19.2. The van der Waals surface area contributed by atoms with Gasteiger partial charge < -0.3 is 9.73 Å². The van der Waals surface area contributed by atoms with Crippen LogP contribution in [0.25, 0.3) is 0 Å². The van der Waals surface area contributed by atoms with Crippen molar-refractivity contribution in [3.05, 3.63) is 63.9 Å². The molecular weight excluding hydrogens is 393 g/mol. The van der Waals surface area contributed by atoms with Crippen LogP contribution >= 0.6 is 11.3 Å². The lowest BCUT2D eigenvalue weighted by atomic mass is 10.2. The van der Waals surface area contributed by atoms with Gasteiger partial charge in [0.1, 0.15) is 5.82 Å². The maximum absolute atomic E-state index is 12.9. The zero-order valence-electron chi connectivity index (χ0n) is 14.1. The maximum Gasteiger partial charge on any atom is 0.335 e. The Balaban J connectivity index is 1.51. The van der Waals surface area contributed by atoms with Crippen LogP contribution in [0.15, 0.2) is 51.4 Å². The average Bonchev–Trinajstić information content (AvgIpc) is 3.32. The number of hydrogen-bond donors (Lipinski definition) is 1. The monoisotopic (exact) mass is 409 g/mol. The number of carbonyl (C=O) groups excluding carboxylic acids is 1. The van der Waals surface area contributed by atoms with E-state index in [4.69, 9.17) is 4.42 Å². The Morgan fingerprint density at radius 1 is 1.19 bits per heavy atom. The summed E-state index contributed by atoms with van der Waals surface area (Å²) in [6.07, 6.45) is 0.862. The Labute approximate surface area is 159 Å². The van der Waals surface area contributed by atoms with E-state index >= 15 is 0 Å². The van der Waals surface area contributed by atoms with Gasteiger partial charge in [-0.1, -0.05) is 23.3 Å². The molecule has 3 rings (SSSR count). The maximum atomic E-state index is 12.9. The standard InChI is InChI=1S/C17H16FN3O4S2/c18-13-7-5-12(6-8-13)11-27(23,24)17-21-20-15(25-17)4-1-9-19-16(22)14-3-2-10-26-14/h2-3,5-8,10H,1,4,9,11H2,(H,19,22).